The highest BCUT2D eigenvalue weighted by atomic mass is 35.5. The van der Waals surface area contributed by atoms with Gasteiger partial charge in [-0.1, -0.05) is 67.5 Å². The normalized spacial score (nSPS) is 11.5. The topological polar surface area (TPSA) is 45.8 Å². The molecule has 0 bridgehead atoms. The summed E-state index contributed by atoms with van der Waals surface area (Å²) in [7, 11) is 0. The smallest absolute Gasteiger partial charge is 0.260 e. The van der Waals surface area contributed by atoms with Crippen LogP contribution in [0.15, 0.2) is 57.8 Å². The first-order chi connectivity index (χ1) is 13.9. The van der Waals surface area contributed by atoms with Crippen LogP contribution in [0, 0.1) is 5.82 Å². The largest absolute Gasteiger partial charge is 0.301 e. The molecule has 0 saturated carbocycles. The lowest BCUT2D eigenvalue weighted by molar-refractivity contribution is 0.617. The second-order valence-electron chi connectivity index (χ2n) is 6.97. The fraction of sp³-hybridized carbons (Fsp3) is 0.182. The number of fused-ring (bicyclic) bond motifs is 1. The maximum absolute atomic E-state index is 14.0. The van der Waals surface area contributed by atoms with E-state index >= 15 is 0 Å². The zero-order valence-corrected chi connectivity index (χ0v) is 18.2. The molecule has 0 amide bonds. The molecule has 0 aliphatic rings. The van der Waals surface area contributed by atoms with Gasteiger partial charge in [0.2, 0.25) is 0 Å². The van der Waals surface area contributed by atoms with Crippen LogP contribution in [0.2, 0.25) is 5.02 Å². The third-order valence-corrected chi connectivity index (χ3v) is 6.85. The van der Waals surface area contributed by atoms with Gasteiger partial charge in [0, 0.05) is 27.3 Å². The zero-order valence-electron chi connectivity index (χ0n) is 15.8. The Morgan fingerprint density at radius 2 is 1.97 bits per heavy atom. The summed E-state index contributed by atoms with van der Waals surface area (Å²) < 4.78 is 14.0. The number of rotatable bonds is 5. The van der Waals surface area contributed by atoms with Crippen molar-refractivity contribution in [1.29, 1.82) is 0 Å². The van der Waals surface area contributed by atoms with Gasteiger partial charge in [-0.15, -0.1) is 11.3 Å². The molecular weight excluding hydrogens is 427 g/mol. The zero-order chi connectivity index (χ0) is 20.5. The van der Waals surface area contributed by atoms with Gasteiger partial charge in [0.25, 0.3) is 5.56 Å². The summed E-state index contributed by atoms with van der Waals surface area (Å²) in [6, 6.07) is 12.9. The van der Waals surface area contributed by atoms with Crippen molar-refractivity contribution in [2.24, 2.45) is 0 Å². The van der Waals surface area contributed by atoms with Crippen molar-refractivity contribution < 1.29 is 4.39 Å². The van der Waals surface area contributed by atoms with Crippen molar-refractivity contribution in [3.63, 3.8) is 0 Å². The molecule has 0 fully saturated rings. The summed E-state index contributed by atoms with van der Waals surface area (Å²) in [6.45, 7) is 4.30. The van der Waals surface area contributed by atoms with Crippen molar-refractivity contribution >= 4 is 44.9 Å². The average Bonchev–Trinajstić information content (AvgIpc) is 3.12. The first kappa shape index (κ1) is 20.1. The molecular formula is C22H18ClFN2OS2. The van der Waals surface area contributed by atoms with Crippen molar-refractivity contribution in [3.8, 4) is 11.1 Å². The Balaban J connectivity index is 1.64. The minimum Gasteiger partial charge on any atom is -0.301 e. The Labute approximate surface area is 181 Å². The SMILES string of the molecule is CC(C)c1ccc(-c2csc3nc(SCc4c(F)cccc4Cl)[nH]c(=O)c23)cc1. The second kappa shape index (κ2) is 8.30. The van der Waals surface area contributed by atoms with Gasteiger partial charge >= 0.3 is 0 Å². The first-order valence-electron chi connectivity index (χ1n) is 9.11. The second-order valence-corrected chi connectivity index (χ2v) is 9.20. The van der Waals surface area contributed by atoms with Crippen LogP contribution in [0.5, 0.6) is 0 Å². The van der Waals surface area contributed by atoms with Crippen molar-refractivity contribution in [2.75, 3.05) is 0 Å². The summed E-state index contributed by atoms with van der Waals surface area (Å²) in [5, 5.41) is 3.36. The van der Waals surface area contributed by atoms with Gasteiger partial charge in [-0.25, -0.2) is 9.37 Å². The highest BCUT2D eigenvalue weighted by molar-refractivity contribution is 7.98. The van der Waals surface area contributed by atoms with E-state index in [0.29, 0.717) is 31.9 Å². The van der Waals surface area contributed by atoms with Crippen LogP contribution in [0.4, 0.5) is 4.39 Å². The Hall–Kier alpha value is -2.15. The van der Waals surface area contributed by atoms with Gasteiger partial charge in [-0.3, -0.25) is 4.79 Å². The number of hydrogen-bond donors (Lipinski definition) is 1. The van der Waals surface area contributed by atoms with Gasteiger partial charge in [0.15, 0.2) is 5.16 Å². The van der Waals surface area contributed by atoms with Gasteiger partial charge in [-0.2, -0.15) is 0 Å². The molecule has 4 rings (SSSR count). The third kappa shape index (κ3) is 4.10. The predicted octanol–water partition coefficient (Wildman–Crippen LogP) is 6.86. The first-order valence-corrected chi connectivity index (χ1v) is 11.4. The average molecular weight is 445 g/mol. The standard InChI is InChI=1S/C22H18ClFN2OS2/c1-12(2)13-6-8-14(9-7-13)15-10-28-21-19(15)20(27)25-22(26-21)29-11-16-17(23)4-3-5-18(16)24/h3-10,12H,11H2,1-2H3,(H,25,26,27). The molecule has 1 N–H and O–H groups in total. The van der Waals surface area contributed by atoms with Crippen molar-refractivity contribution in [2.45, 2.75) is 30.7 Å². The van der Waals surface area contributed by atoms with E-state index in [-0.39, 0.29) is 17.1 Å². The maximum atomic E-state index is 14.0. The Morgan fingerprint density at radius 1 is 1.21 bits per heavy atom. The lowest BCUT2D eigenvalue weighted by Crippen LogP contribution is -2.08. The summed E-state index contributed by atoms with van der Waals surface area (Å²) >= 11 is 8.77. The summed E-state index contributed by atoms with van der Waals surface area (Å²) in [5.74, 6) is 0.377. The van der Waals surface area contributed by atoms with Crippen LogP contribution in [-0.4, -0.2) is 9.97 Å². The summed E-state index contributed by atoms with van der Waals surface area (Å²) in [6.07, 6.45) is 0. The highest BCUT2D eigenvalue weighted by Gasteiger charge is 2.15. The number of benzene rings is 2. The van der Waals surface area contributed by atoms with E-state index in [9.17, 15) is 9.18 Å². The molecule has 2 aromatic heterocycles. The fourth-order valence-electron chi connectivity index (χ4n) is 3.07. The van der Waals surface area contributed by atoms with Gasteiger partial charge < -0.3 is 4.98 Å². The van der Waals surface area contributed by atoms with E-state index in [0.717, 1.165) is 11.1 Å². The molecule has 0 unspecified atom stereocenters. The molecule has 0 aliphatic heterocycles. The molecule has 0 aliphatic carbocycles. The van der Waals surface area contributed by atoms with Gasteiger partial charge in [0.05, 0.1) is 5.39 Å². The molecule has 4 aromatic rings. The van der Waals surface area contributed by atoms with E-state index in [1.165, 1.54) is 34.7 Å². The number of thioether (sulfide) groups is 1. The number of nitrogens with one attached hydrogen (secondary N) is 1. The van der Waals surface area contributed by atoms with E-state index in [1.54, 1.807) is 12.1 Å². The number of nitrogens with zero attached hydrogens (tertiary/aromatic N) is 1. The highest BCUT2D eigenvalue weighted by Crippen LogP contribution is 2.33. The van der Waals surface area contributed by atoms with Crippen LogP contribution >= 0.6 is 34.7 Å². The molecule has 3 nitrogen and oxygen atoms in total. The van der Waals surface area contributed by atoms with Crippen molar-refractivity contribution in [1.82, 2.24) is 9.97 Å². The van der Waals surface area contributed by atoms with E-state index in [4.69, 9.17) is 11.6 Å². The summed E-state index contributed by atoms with van der Waals surface area (Å²) in [5.41, 5.74) is 3.33. The minimum atomic E-state index is -0.364. The summed E-state index contributed by atoms with van der Waals surface area (Å²) in [4.78, 5) is 20.8. The predicted molar refractivity (Wildman–Crippen MR) is 121 cm³/mol. The van der Waals surface area contributed by atoms with Crippen LogP contribution in [0.25, 0.3) is 21.3 Å². The molecule has 0 radical (unpaired) electrons. The molecule has 29 heavy (non-hydrogen) atoms. The number of halogens is 2. The van der Waals surface area contributed by atoms with E-state index < -0.39 is 0 Å². The van der Waals surface area contributed by atoms with E-state index in [2.05, 4.69) is 35.9 Å². The van der Waals surface area contributed by atoms with Gasteiger partial charge in [-0.05, 0) is 29.2 Å². The number of aromatic amines is 1. The molecule has 7 heteroatoms. The lowest BCUT2D eigenvalue weighted by atomic mass is 9.99. The van der Waals surface area contributed by atoms with Crippen LogP contribution in [0.3, 0.4) is 0 Å². The molecule has 2 aromatic carbocycles. The molecule has 0 saturated heterocycles. The monoisotopic (exact) mass is 444 g/mol. The Bertz CT molecular complexity index is 1210. The molecule has 0 atom stereocenters. The number of H-pyrrole nitrogens is 1. The Morgan fingerprint density at radius 3 is 2.66 bits per heavy atom. The molecule has 148 valence electrons. The third-order valence-electron chi connectivity index (χ3n) is 4.73. The minimum absolute atomic E-state index is 0.193. The van der Waals surface area contributed by atoms with Crippen LogP contribution in [-0.2, 0) is 5.75 Å². The maximum Gasteiger partial charge on any atom is 0.260 e. The van der Waals surface area contributed by atoms with Crippen LogP contribution in [0.1, 0.15) is 30.9 Å². The number of hydrogen-bond acceptors (Lipinski definition) is 4. The quantitative estimate of drug-likeness (QED) is 0.270. The fourth-order valence-corrected chi connectivity index (χ4v) is 5.28. The Kier molecular flexibility index (Phi) is 5.76. The lowest BCUT2D eigenvalue weighted by Gasteiger charge is -2.07. The van der Waals surface area contributed by atoms with E-state index in [1.807, 2.05) is 17.5 Å². The number of aromatic nitrogens is 2. The number of thiophene rings is 1. The molecule has 0 spiro atoms. The van der Waals surface area contributed by atoms with Crippen molar-refractivity contribution in [3.05, 3.63) is 80.2 Å². The van der Waals surface area contributed by atoms with Crippen LogP contribution < -0.4 is 5.56 Å². The van der Waals surface area contributed by atoms with Gasteiger partial charge in [0.1, 0.15) is 10.6 Å². The molecule has 2 heterocycles.